The first kappa shape index (κ1) is 15.2. The Bertz CT molecular complexity index is 656. The first-order chi connectivity index (χ1) is 10.7. The summed E-state index contributed by atoms with van der Waals surface area (Å²) in [4.78, 5) is 14.3. The molecule has 3 N–H and O–H groups in total. The number of morpholine rings is 1. The zero-order valence-corrected chi connectivity index (χ0v) is 13.5. The van der Waals surface area contributed by atoms with Gasteiger partial charge in [-0.15, -0.1) is 0 Å². The van der Waals surface area contributed by atoms with E-state index in [9.17, 15) is 4.79 Å². The minimum atomic E-state index is -0.0911. The van der Waals surface area contributed by atoms with Gasteiger partial charge in [-0.2, -0.15) is 5.10 Å². The van der Waals surface area contributed by atoms with E-state index in [2.05, 4.69) is 26.1 Å². The molecule has 116 valence electrons. The molecule has 1 aliphatic rings. The molecule has 1 fully saturated rings. The fraction of sp³-hybridized carbons (Fsp3) is 0.333. The van der Waals surface area contributed by atoms with E-state index < -0.39 is 0 Å². The number of benzene rings is 1. The summed E-state index contributed by atoms with van der Waals surface area (Å²) < 4.78 is 6.48. The van der Waals surface area contributed by atoms with Crippen molar-refractivity contribution in [3.05, 3.63) is 40.5 Å². The van der Waals surface area contributed by atoms with Crippen molar-refractivity contribution < 1.29 is 9.53 Å². The van der Waals surface area contributed by atoms with Gasteiger partial charge in [0, 0.05) is 29.7 Å². The molecule has 0 bridgehead atoms. The molecule has 2 aromatic rings. The van der Waals surface area contributed by atoms with Gasteiger partial charge in [0.05, 0.1) is 18.4 Å². The number of nitrogens with one attached hydrogen (secondary N) is 1. The minimum absolute atomic E-state index is 0.0717. The average Bonchev–Trinajstić information content (AvgIpc) is 3.05. The Hall–Kier alpha value is -1.70. The van der Waals surface area contributed by atoms with E-state index in [1.165, 1.54) is 0 Å². The Kier molecular flexibility index (Phi) is 4.56. The van der Waals surface area contributed by atoms with E-state index in [0.29, 0.717) is 31.9 Å². The number of carbonyl (C=O) groups excluding carboxylic acids is 1. The number of nitrogens with two attached hydrogens (primary N) is 1. The molecule has 2 heterocycles. The van der Waals surface area contributed by atoms with Gasteiger partial charge in [0.25, 0.3) is 5.91 Å². The van der Waals surface area contributed by atoms with Crippen molar-refractivity contribution in [2.24, 2.45) is 5.73 Å². The van der Waals surface area contributed by atoms with E-state index in [-0.39, 0.29) is 12.0 Å². The molecule has 1 aliphatic heterocycles. The third kappa shape index (κ3) is 3.21. The van der Waals surface area contributed by atoms with E-state index in [0.717, 1.165) is 15.7 Å². The Morgan fingerprint density at radius 3 is 2.95 bits per heavy atom. The molecule has 1 aromatic carbocycles. The van der Waals surface area contributed by atoms with Crippen molar-refractivity contribution in [2.45, 2.75) is 6.10 Å². The maximum absolute atomic E-state index is 12.5. The highest BCUT2D eigenvalue weighted by atomic mass is 79.9. The number of halogens is 1. The molecule has 1 aromatic heterocycles. The van der Waals surface area contributed by atoms with Crippen molar-refractivity contribution in [1.29, 1.82) is 0 Å². The maximum Gasteiger partial charge on any atom is 0.272 e. The zero-order chi connectivity index (χ0) is 15.5. The second kappa shape index (κ2) is 6.60. The van der Waals surface area contributed by atoms with Crippen LogP contribution in [0.1, 0.15) is 10.5 Å². The number of nitrogens with zero attached hydrogens (tertiary/aromatic N) is 2. The van der Waals surface area contributed by atoms with Crippen molar-refractivity contribution in [3.8, 4) is 11.3 Å². The molecule has 0 spiro atoms. The summed E-state index contributed by atoms with van der Waals surface area (Å²) in [6, 6.07) is 9.57. The Morgan fingerprint density at radius 1 is 1.45 bits per heavy atom. The summed E-state index contributed by atoms with van der Waals surface area (Å²) in [6.07, 6.45) is -0.0911. The van der Waals surface area contributed by atoms with Crippen LogP contribution in [0.3, 0.4) is 0 Å². The molecule has 0 radical (unpaired) electrons. The second-order valence-electron chi connectivity index (χ2n) is 5.15. The summed E-state index contributed by atoms with van der Waals surface area (Å²) in [5, 5.41) is 7.05. The Balaban J connectivity index is 1.75. The number of aromatic amines is 1. The van der Waals surface area contributed by atoms with Gasteiger partial charge in [0.2, 0.25) is 0 Å². The van der Waals surface area contributed by atoms with E-state index in [1.807, 2.05) is 24.3 Å². The van der Waals surface area contributed by atoms with E-state index in [1.54, 1.807) is 11.0 Å². The Labute approximate surface area is 136 Å². The van der Waals surface area contributed by atoms with Crippen LogP contribution in [0.25, 0.3) is 11.3 Å². The predicted molar refractivity (Wildman–Crippen MR) is 86.4 cm³/mol. The third-order valence-electron chi connectivity index (χ3n) is 3.64. The lowest BCUT2D eigenvalue weighted by molar-refractivity contribution is -0.0169. The lowest BCUT2D eigenvalue weighted by Gasteiger charge is -2.31. The lowest BCUT2D eigenvalue weighted by Crippen LogP contribution is -2.48. The molecule has 1 saturated heterocycles. The fourth-order valence-electron chi connectivity index (χ4n) is 2.42. The zero-order valence-electron chi connectivity index (χ0n) is 12.0. The molecule has 22 heavy (non-hydrogen) atoms. The van der Waals surface area contributed by atoms with Gasteiger partial charge < -0.3 is 15.4 Å². The number of hydrogen-bond acceptors (Lipinski definition) is 4. The first-order valence-electron chi connectivity index (χ1n) is 7.09. The van der Waals surface area contributed by atoms with E-state index >= 15 is 0 Å². The summed E-state index contributed by atoms with van der Waals surface area (Å²) in [5.74, 6) is -0.0717. The minimum Gasteiger partial charge on any atom is -0.373 e. The van der Waals surface area contributed by atoms with Crippen molar-refractivity contribution in [3.63, 3.8) is 0 Å². The number of aromatic nitrogens is 2. The molecular formula is C15H17BrN4O2. The molecular weight excluding hydrogens is 348 g/mol. The normalized spacial score (nSPS) is 18.5. The second-order valence-corrected chi connectivity index (χ2v) is 6.07. The monoisotopic (exact) mass is 364 g/mol. The summed E-state index contributed by atoms with van der Waals surface area (Å²) in [5.41, 5.74) is 7.80. The molecule has 0 saturated carbocycles. The third-order valence-corrected chi connectivity index (χ3v) is 4.17. The van der Waals surface area contributed by atoms with Crippen molar-refractivity contribution >= 4 is 21.8 Å². The van der Waals surface area contributed by atoms with Crippen LogP contribution in [0.5, 0.6) is 0 Å². The number of H-pyrrole nitrogens is 1. The smallest absolute Gasteiger partial charge is 0.272 e. The highest BCUT2D eigenvalue weighted by molar-refractivity contribution is 9.10. The molecule has 1 amide bonds. The maximum atomic E-state index is 12.5. The standard InChI is InChI=1S/C15H17BrN4O2/c16-11-3-1-10(2-4-11)13-7-14(19-18-13)15(21)20-5-6-22-12(8-17)9-20/h1-4,7,12H,5-6,8-9,17H2,(H,18,19). The van der Waals surface area contributed by atoms with Crippen molar-refractivity contribution in [2.75, 3.05) is 26.2 Å². The molecule has 1 unspecified atom stereocenters. The predicted octanol–water partition coefficient (Wildman–Crippen LogP) is 1.64. The van der Waals surface area contributed by atoms with Crippen LogP contribution in [0, 0.1) is 0 Å². The SMILES string of the molecule is NCC1CN(C(=O)c2cc(-c3ccc(Br)cc3)n[nH]2)CCO1. The van der Waals surface area contributed by atoms with Crippen LogP contribution < -0.4 is 5.73 Å². The van der Waals surface area contributed by atoms with Crippen LogP contribution in [-0.2, 0) is 4.74 Å². The highest BCUT2D eigenvalue weighted by Gasteiger charge is 2.25. The van der Waals surface area contributed by atoms with Crippen LogP contribution in [0.4, 0.5) is 0 Å². The number of ether oxygens (including phenoxy) is 1. The molecule has 3 rings (SSSR count). The number of amides is 1. The molecule has 7 heteroatoms. The average molecular weight is 365 g/mol. The van der Waals surface area contributed by atoms with Crippen LogP contribution in [0.2, 0.25) is 0 Å². The van der Waals surface area contributed by atoms with Gasteiger partial charge in [0.1, 0.15) is 5.69 Å². The number of rotatable bonds is 3. The van der Waals surface area contributed by atoms with Gasteiger partial charge in [0.15, 0.2) is 0 Å². The summed E-state index contributed by atoms with van der Waals surface area (Å²) in [7, 11) is 0. The molecule has 6 nitrogen and oxygen atoms in total. The number of hydrogen-bond donors (Lipinski definition) is 2. The first-order valence-corrected chi connectivity index (χ1v) is 7.89. The topological polar surface area (TPSA) is 84.2 Å². The largest absolute Gasteiger partial charge is 0.373 e. The molecule has 1 atom stereocenters. The van der Waals surface area contributed by atoms with Crippen LogP contribution in [-0.4, -0.2) is 53.3 Å². The van der Waals surface area contributed by atoms with Gasteiger partial charge in [-0.25, -0.2) is 0 Å². The van der Waals surface area contributed by atoms with Gasteiger partial charge in [-0.05, 0) is 18.2 Å². The fourth-order valence-corrected chi connectivity index (χ4v) is 2.68. The summed E-state index contributed by atoms with van der Waals surface area (Å²) >= 11 is 3.40. The molecule has 0 aliphatic carbocycles. The van der Waals surface area contributed by atoms with Gasteiger partial charge in [-0.1, -0.05) is 28.1 Å². The summed E-state index contributed by atoms with van der Waals surface area (Å²) in [6.45, 7) is 2.02. The number of carbonyl (C=O) groups is 1. The van der Waals surface area contributed by atoms with Gasteiger partial charge >= 0.3 is 0 Å². The van der Waals surface area contributed by atoms with Crippen LogP contribution >= 0.6 is 15.9 Å². The quantitative estimate of drug-likeness (QED) is 0.866. The van der Waals surface area contributed by atoms with Crippen LogP contribution in [0.15, 0.2) is 34.8 Å². The Morgan fingerprint density at radius 2 is 2.23 bits per heavy atom. The lowest BCUT2D eigenvalue weighted by atomic mass is 10.1. The highest BCUT2D eigenvalue weighted by Crippen LogP contribution is 2.21. The van der Waals surface area contributed by atoms with Crippen molar-refractivity contribution in [1.82, 2.24) is 15.1 Å². The van der Waals surface area contributed by atoms with E-state index in [4.69, 9.17) is 10.5 Å². The van der Waals surface area contributed by atoms with Gasteiger partial charge in [-0.3, -0.25) is 9.89 Å².